The van der Waals surface area contributed by atoms with Gasteiger partial charge in [0, 0.05) is 10.6 Å². The summed E-state index contributed by atoms with van der Waals surface area (Å²) in [4.78, 5) is 15.0. The van der Waals surface area contributed by atoms with Gasteiger partial charge in [0.25, 0.3) is 0 Å². The van der Waals surface area contributed by atoms with Gasteiger partial charge in [-0.2, -0.15) is 0 Å². The van der Waals surface area contributed by atoms with E-state index in [2.05, 4.69) is 19.9 Å². The quantitative estimate of drug-likeness (QED) is 0.523. The van der Waals surface area contributed by atoms with Crippen molar-refractivity contribution in [2.75, 3.05) is 0 Å². The van der Waals surface area contributed by atoms with E-state index in [1.807, 2.05) is 55.5 Å². The lowest BCUT2D eigenvalue weighted by atomic mass is 10.1. The molecular weight excluding hydrogens is 348 g/mol. The summed E-state index contributed by atoms with van der Waals surface area (Å²) in [5.74, 6) is 1.62. The summed E-state index contributed by atoms with van der Waals surface area (Å²) in [5.41, 5.74) is 4.94. The van der Waals surface area contributed by atoms with E-state index in [-0.39, 0.29) is 0 Å². The van der Waals surface area contributed by atoms with Crippen LogP contribution in [0.2, 0.25) is 5.02 Å². The van der Waals surface area contributed by atoms with Gasteiger partial charge < -0.3 is 14.7 Å². The Labute approximate surface area is 156 Å². The number of halogens is 1. The zero-order chi connectivity index (χ0) is 17.9. The third-order valence-electron chi connectivity index (χ3n) is 4.09. The maximum absolute atomic E-state index is 5.97. The van der Waals surface area contributed by atoms with E-state index in [1.54, 1.807) is 12.5 Å². The normalized spacial score (nSPS) is 10.8. The number of nitrogens with zero attached hydrogens (tertiary/aromatic N) is 2. The number of aromatic nitrogens is 4. The van der Waals surface area contributed by atoms with Crippen molar-refractivity contribution in [1.29, 1.82) is 0 Å². The molecule has 4 aromatic rings. The summed E-state index contributed by atoms with van der Waals surface area (Å²) in [5, 5.41) is 0.719. The van der Waals surface area contributed by atoms with Gasteiger partial charge in [-0.05, 0) is 48.9 Å². The highest BCUT2D eigenvalue weighted by molar-refractivity contribution is 6.30. The summed E-state index contributed by atoms with van der Waals surface area (Å²) in [6, 6.07) is 15.6. The Morgan fingerprint density at radius 3 is 2.42 bits per heavy atom. The molecule has 0 aliphatic heterocycles. The highest BCUT2D eigenvalue weighted by Gasteiger charge is 2.10. The number of ether oxygens (including phenoxy) is 1. The molecule has 6 heteroatoms. The van der Waals surface area contributed by atoms with Crippen LogP contribution in [0.25, 0.3) is 22.6 Å². The SMILES string of the molecule is Cc1nc(-c2ccc(OCc3cnc[nH]3)cc2)[nH]c1-c1ccc(Cl)cc1. The summed E-state index contributed by atoms with van der Waals surface area (Å²) in [7, 11) is 0. The van der Waals surface area contributed by atoms with Crippen molar-refractivity contribution in [1.82, 2.24) is 19.9 Å². The summed E-state index contributed by atoms with van der Waals surface area (Å²) in [6.45, 7) is 2.45. The van der Waals surface area contributed by atoms with Gasteiger partial charge in [0.15, 0.2) is 0 Å². The number of aryl methyl sites for hydroxylation is 1. The number of H-pyrrole nitrogens is 2. The molecule has 0 aliphatic carbocycles. The molecular formula is C20H17ClN4O. The average molecular weight is 365 g/mol. The molecule has 4 rings (SSSR count). The molecule has 0 saturated heterocycles. The number of hydrogen-bond donors (Lipinski definition) is 2. The molecule has 0 fully saturated rings. The fourth-order valence-electron chi connectivity index (χ4n) is 2.73. The highest BCUT2D eigenvalue weighted by Crippen LogP contribution is 2.27. The highest BCUT2D eigenvalue weighted by atomic mass is 35.5. The third-order valence-corrected chi connectivity index (χ3v) is 4.35. The van der Waals surface area contributed by atoms with Crippen LogP contribution in [0.15, 0.2) is 61.1 Å². The standard InChI is InChI=1S/C20H17ClN4O/c1-13-19(14-2-6-16(21)7-3-14)25-20(24-13)15-4-8-18(9-5-15)26-11-17-10-22-12-23-17/h2-10,12H,11H2,1H3,(H,22,23)(H,24,25). The summed E-state index contributed by atoms with van der Waals surface area (Å²) >= 11 is 5.97. The van der Waals surface area contributed by atoms with Gasteiger partial charge in [0.2, 0.25) is 0 Å². The Hall–Kier alpha value is -3.05. The van der Waals surface area contributed by atoms with Gasteiger partial charge in [0.1, 0.15) is 18.2 Å². The van der Waals surface area contributed by atoms with Gasteiger partial charge in [-0.25, -0.2) is 9.97 Å². The smallest absolute Gasteiger partial charge is 0.138 e. The van der Waals surface area contributed by atoms with Crippen molar-refractivity contribution in [3.63, 3.8) is 0 Å². The predicted molar refractivity (Wildman–Crippen MR) is 102 cm³/mol. The van der Waals surface area contributed by atoms with Crippen LogP contribution < -0.4 is 4.74 Å². The van der Waals surface area contributed by atoms with E-state index in [4.69, 9.17) is 16.3 Å². The second kappa shape index (κ2) is 7.06. The first-order chi connectivity index (χ1) is 12.7. The molecule has 5 nitrogen and oxygen atoms in total. The van der Waals surface area contributed by atoms with E-state index in [0.29, 0.717) is 6.61 Å². The molecule has 2 aromatic heterocycles. The molecule has 2 heterocycles. The van der Waals surface area contributed by atoms with E-state index >= 15 is 0 Å². The third kappa shape index (κ3) is 3.48. The maximum atomic E-state index is 5.97. The Bertz CT molecular complexity index is 989. The molecule has 2 aromatic carbocycles. The number of benzene rings is 2. The molecule has 0 radical (unpaired) electrons. The number of imidazole rings is 2. The minimum Gasteiger partial charge on any atom is -0.487 e. The lowest BCUT2D eigenvalue weighted by Gasteiger charge is -2.05. The second-order valence-corrected chi connectivity index (χ2v) is 6.38. The lowest BCUT2D eigenvalue weighted by Crippen LogP contribution is -1.95. The van der Waals surface area contributed by atoms with Crippen molar-refractivity contribution < 1.29 is 4.74 Å². The average Bonchev–Trinajstić information content (AvgIpc) is 3.31. The Morgan fingerprint density at radius 2 is 1.73 bits per heavy atom. The molecule has 0 spiro atoms. The van der Waals surface area contributed by atoms with Gasteiger partial charge >= 0.3 is 0 Å². The molecule has 26 heavy (non-hydrogen) atoms. The van der Waals surface area contributed by atoms with E-state index in [1.165, 1.54) is 0 Å². The fraction of sp³-hybridized carbons (Fsp3) is 0.100. The van der Waals surface area contributed by atoms with Crippen LogP contribution in [0.4, 0.5) is 0 Å². The van der Waals surface area contributed by atoms with Crippen molar-refractivity contribution in [3.8, 4) is 28.4 Å². The molecule has 0 aliphatic rings. The van der Waals surface area contributed by atoms with Crippen molar-refractivity contribution >= 4 is 11.6 Å². The summed E-state index contributed by atoms with van der Waals surface area (Å²) in [6.07, 6.45) is 3.39. The minimum absolute atomic E-state index is 0.458. The number of hydrogen-bond acceptors (Lipinski definition) is 3. The van der Waals surface area contributed by atoms with Crippen LogP contribution in [0.1, 0.15) is 11.4 Å². The van der Waals surface area contributed by atoms with Crippen LogP contribution in [-0.4, -0.2) is 19.9 Å². The minimum atomic E-state index is 0.458. The van der Waals surface area contributed by atoms with Gasteiger partial charge in [-0.15, -0.1) is 0 Å². The van der Waals surface area contributed by atoms with Gasteiger partial charge in [-0.3, -0.25) is 0 Å². The molecule has 0 saturated carbocycles. The van der Waals surface area contributed by atoms with Gasteiger partial charge in [0.05, 0.1) is 29.6 Å². The Kier molecular flexibility index (Phi) is 4.46. The predicted octanol–water partition coefficient (Wildman–Crippen LogP) is 5.01. The number of rotatable bonds is 5. The molecule has 2 N–H and O–H groups in total. The molecule has 0 amide bonds. The maximum Gasteiger partial charge on any atom is 0.138 e. The van der Waals surface area contributed by atoms with Gasteiger partial charge in [-0.1, -0.05) is 23.7 Å². The fourth-order valence-corrected chi connectivity index (χ4v) is 2.85. The topological polar surface area (TPSA) is 66.6 Å². The zero-order valence-electron chi connectivity index (χ0n) is 14.2. The van der Waals surface area contributed by atoms with Crippen LogP contribution in [-0.2, 0) is 6.61 Å². The first-order valence-electron chi connectivity index (χ1n) is 8.22. The first kappa shape index (κ1) is 16.4. The summed E-state index contributed by atoms with van der Waals surface area (Å²) < 4.78 is 5.74. The van der Waals surface area contributed by atoms with Crippen LogP contribution in [0.5, 0.6) is 5.75 Å². The zero-order valence-corrected chi connectivity index (χ0v) is 14.9. The number of aromatic amines is 2. The molecule has 0 bridgehead atoms. The second-order valence-electron chi connectivity index (χ2n) is 5.94. The van der Waals surface area contributed by atoms with E-state index < -0.39 is 0 Å². The largest absolute Gasteiger partial charge is 0.487 e. The van der Waals surface area contributed by atoms with Crippen molar-refractivity contribution in [3.05, 3.63) is 77.5 Å². The molecule has 0 atom stereocenters. The van der Waals surface area contributed by atoms with Crippen LogP contribution in [0, 0.1) is 6.92 Å². The van der Waals surface area contributed by atoms with Crippen molar-refractivity contribution in [2.45, 2.75) is 13.5 Å². The first-order valence-corrected chi connectivity index (χ1v) is 8.60. The van der Waals surface area contributed by atoms with Crippen LogP contribution >= 0.6 is 11.6 Å². The number of nitrogens with one attached hydrogen (secondary N) is 2. The monoisotopic (exact) mass is 364 g/mol. The van der Waals surface area contributed by atoms with Crippen molar-refractivity contribution in [2.24, 2.45) is 0 Å². The Morgan fingerprint density at radius 1 is 1.00 bits per heavy atom. The molecule has 130 valence electrons. The Balaban J connectivity index is 1.52. The molecule has 0 unspecified atom stereocenters. The van der Waals surface area contributed by atoms with Crippen LogP contribution in [0.3, 0.4) is 0 Å². The lowest BCUT2D eigenvalue weighted by molar-refractivity contribution is 0.302. The van der Waals surface area contributed by atoms with E-state index in [0.717, 1.165) is 44.8 Å². The van der Waals surface area contributed by atoms with E-state index in [9.17, 15) is 0 Å².